The molecule has 2 rings (SSSR count). The van der Waals surface area contributed by atoms with E-state index in [1.54, 1.807) is 0 Å². The van der Waals surface area contributed by atoms with Gasteiger partial charge in [0.2, 0.25) is 15.9 Å². The third-order valence-corrected chi connectivity index (χ3v) is 4.94. The maximum Gasteiger partial charge on any atom is 0.226 e. The number of sulfonamides is 1. The van der Waals surface area contributed by atoms with Gasteiger partial charge < -0.3 is 4.42 Å². The number of hydrogen-bond acceptors (Lipinski definition) is 4. The Morgan fingerprint density at radius 1 is 1.18 bits per heavy atom. The first-order chi connectivity index (χ1) is 10.4. The van der Waals surface area contributed by atoms with Crippen LogP contribution in [0.4, 0.5) is 0 Å². The summed E-state index contributed by atoms with van der Waals surface area (Å²) in [6.07, 6.45) is 1.13. The average molecular weight is 322 g/mol. The summed E-state index contributed by atoms with van der Waals surface area (Å²) < 4.78 is 31.5. The van der Waals surface area contributed by atoms with Gasteiger partial charge in [-0.2, -0.15) is 0 Å². The van der Waals surface area contributed by atoms with Gasteiger partial charge >= 0.3 is 0 Å². The Bertz CT molecular complexity index is 718. The maximum atomic E-state index is 11.6. The van der Waals surface area contributed by atoms with Gasteiger partial charge in [0, 0.05) is 18.5 Å². The molecule has 0 saturated heterocycles. The topological polar surface area (TPSA) is 72.2 Å². The van der Waals surface area contributed by atoms with Crippen LogP contribution in [0.3, 0.4) is 0 Å². The van der Waals surface area contributed by atoms with E-state index in [2.05, 4.69) is 9.71 Å². The highest BCUT2D eigenvalue weighted by Gasteiger charge is 2.13. The van der Waals surface area contributed by atoms with E-state index in [0.717, 1.165) is 17.0 Å². The van der Waals surface area contributed by atoms with E-state index in [0.29, 0.717) is 25.3 Å². The molecule has 1 aromatic heterocycles. The minimum absolute atomic E-state index is 0.152. The molecule has 120 valence electrons. The van der Waals surface area contributed by atoms with Gasteiger partial charge in [0.15, 0.2) is 0 Å². The van der Waals surface area contributed by atoms with E-state index in [4.69, 9.17) is 4.42 Å². The Morgan fingerprint density at radius 3 is 2.50 bits per heavy atom. The van der Waals surface area contributed by atoms with Gasteiger partial charge in [0.25, 0.3) is 0 Å². The van der Waals surface area contributed by atoms with Crippen LogP contribution in [0.15, 0.2) is 28.7 Å². The number of aromatic nitrogens is 1. The molecule has 0 saturated carbocycles. The predicted octanol–water partition coefficient (Wildman–Crippen LogP) is 2.83. The molecular weight excluding hydrogens is 300 g/mol. The number of hydrogen-bond donors (Lipinski definition) is 1. The molecule has 0 fully saturated rings. The lowest BCUT2D eigenvalue weighted by Gasteiger charge is -2.03. The fourth-order valence-corrected chi connectivity index (χ4v) is 3.24. The number of oxazole rings is 1. The monoisotopic (exact) mass is 322 g/mol. The molecule has 0 aliphatic heterocycles. The Balaban J connectivity index is 2.03. The van der Waals surface area contributed by atoms with Crippen molar-refractivity contribution in [1.29, 1.82) is 0 Å². The smallest absolute Gasteiger partial charge is 0.226 e. The van der Waals surface area contributed by atoms with Crippen molar-refractivity contribution >= 4 is 10.0 Å². The molecule has 0 bridgehead atoms. The van der Waals surface area contributed by atoms with Crippen LogP contribution >= 0.6 is 0 Å². The average Bonchev–Trinajstić information content (AvgIpc) is 2.81. The first kappa shape index (κ1) is 16.7. The van der Waals surface area contributed by atoms with E-state index >= 15 is 0 Å². The molecule has 0 amide bonds. The molecule has 0 radical (unpaired) electrons. The lowest BCUT2D eigenvalue weighted by atomic mass is 10.1. The van der Waals surface area contributed by atoms with E-state index in [-0.39, 0.29) is 5.75 Å². The molecule has 22 heavy (non-hydrogen) atoms. The first-order valence-electron chi connectivity index (χ1n) is 7.42. The highest BCUT2D eigenvalue weighted by molar-refractivity contribution is 7.89. The minimum Gasteiger partial charge on any atom is -0.441 e. The summed E-state index contributed by atoms with van der Waals surface area (Å²) in [5.74, 6) is 1.45. The lowest BCUT2D eigenvalue weighted by Crippen LogP contribution is -2.28. The standard InChI is InChI=1S/C16H22N2O3S/c1-4-11-22(19,20)17-10-9-15-13(3)21-16(18-15)14-7-5-12(2)6-8-14/h5-8,17H,4,9-11H2,1-3H3. The zero-order valence-corrected chi connectivity index (χ0v) is 14.0. The SMILES string of the molecule is CCCS(=O)(=O)NCCc1nc(-c2ccc(C)cc2)oc1C. The van der Waals surface area contributed by atoms with Crippen molar-refractivity contribution in [2.24, 2.45) is 0 Å². The van der Waals surface area contributed by atoms with E-state index < -0.39 is 10.0 Å². The van der Waals surface area contributed by atoms with Crippen molar-refractivity contribution in [2.75, 3.05) is 12.3 Å². The summed E-state index contributed by atoms with van der Waals surface area (Å²) in [4.78, 5) is 4.47. The van der Waals surface area contributed by atoms with Crippen LogP contribution in [0.1, 0.15) is 30.4 Å². The fraction of sp³-hybridized carbons (Fsp3) is 0.438. The van der Waals surface area contributed by atoms with Crippen molar-refractivity contribution in [3.63, 3.8) is 0 Å². The molecule has 2 aromatic rings. The molecule has 0 aliphatic rings. The van der Waals surface area contributed by atoms with Gasteiger partial charge in [-0.25, -0.2) is 18.1 Å². The lowest BCUT2D eigenvalue weighted by molar-refractivity contribution is 0.538. The van der Waals surface area contributed by atoms with E-state index in [1.165, 1.54) is 5.56 Å². The van der Waals surface area contributed by atoms with E-state index in [1.807, 2.05) is 45.0 Å². The molecule has 0 aliphatic carbocycles. The van der Waals surface area contributed by atoms with Gasteiger partial charge in [0.1, 0.15) is 5.76 Å². The van der Waals surface area contributed by atoms with Crippen molar-refractivity contribution in [3.8, 4) is 11.5 Å². The van der Waals surface area contributed by atoms with Crippen LogP contribution in [-0.4, -0.2) is 25.7 Å². The number of aryl methyl sites for hydroxylation is 2. The maximum absolute atomic E-state index is 11.6. The highest BCUT2D eigenvalue weighted by Crippen LogP contribution is 2.22. The molecule has 1 N–H and O–H groups in total. The van der Waals surface area contributed by atoms with Crippen LogP contribution in [0.5, 0.6) is 0 Å². The summed E-state index contributed by atoms with van der Waals surface area (Å²) in [5, 5.41) is 0. The highest BCUT2D eigenvalue weighted by atomic mass is 32.2. The van der Waals surface area contributed by atoms with Crippen LogP contribution < -0.4 is 4.72 Å². The largest absolute Gasteiger partial charge is 0.441 e. The van der Waals surface area contributed by atoms with Crippen molar-refractivity contribution in [2.45, 2.75) is 33.6 Å². The third kappa shape index (κ3) is 4.42. The summed E-state index contributed by atoms with van der Waals surface area (Å²) in [6, 6.07) is 7.95. The quantitative estimate of drug-likeness (QED) is 0.851. The minimum atomic E-state index is -3.17. The zero-order chi connectivity index (χ0) is 16.2. The fourth-order valence-electron chi connectivity index (χ4n) is 2.15. The molecule has 0 unspecified atom stereocenters. The van der Waals surface area contributed by atoms with Crippen molar-refractivity contribution in [3.05, 3.63) is 41.3 Å². The third-order valence-electron chi connectivity index (χ3n) is 3.35. The molecule has 5 nitrogen and oxygen atoms in total. The normalized spacial score (nSPS) is 11.8. The van der Waals surface area contributed by atoms with Crippen molar-refractivity contribution < 1.29 is 12.8 Å². The zero-order valence-electron chi connectivity index (χ0n) is 13.2. The number of nitrogens with zero attached hydrogens (tertiary/aromatic N) is 1. The van der Waals surface area contributed by atoms with E-state index in [9.17, 15) is 8.42 Å². The number of nitrogens with one attached hydrogen (secondary N) is 1. The van der Waals surface area contributed by atoms with Gasteiger partial charge in [-0.15, -0.1) is 0 Å². The molecule has 0 atom stereocenters. The van der Waals surface area contributed by atoms with Crippen LogP contribution in [-0.2, 0) is 16.4 Å². The van der Waals surface area contributed by atoms with Crippen molar-refractivity contribution in [1.82, 2.24) is 9.71 Å². The summed E-state index contributed by atoms with van der Waals surface area (Å²) in [6.45, 7) is 6.05. The molecular formula is C16H22N2O3S. The Hall–Kier alpha value is -1.66. The van der Waals surface area contributed by atoms with Crippen LogP contribution in [0, 0.1) is 13.8 Å². The van der Waals surface area contributed by atoms with Crippen LogP contribution in [0.25, 0.3) is 11.5 Å². The Labute approximate surface area is 131 Å². The molecule has 0 spiro atoms. The molecule has 6 heteroatoms. The first-order valence-corrected chi connectivity index (χ1v) is 9.07. The molecule has 1 aromatic carbocycles. The Kier molecular flexibility index (Phi) is 5.37. The molecule has 1 heterocycles. The second-order valence-corrected chi connectivity index (χ2v) is 7.28. The van der Waals surface area contributed by atoms with Gasteiger partial charge in [0.05, 0.1) is 11.4 Å². The second-order valence-electron chi connectivity index (χ2n) is 5.35. The van der Waals surface area contributed by atoms with Gasteiger partial charge in [-0.05, 0) is 32.4 Å². The summed E-state index contributed by atoms with van der Waals surface area (Å²) >= 11 is 0. The predicted molar refractivity (Wildman–Crippen MR) is 87.2 cm³/mol. The number of rotatable bonds is 7. The second kappa shape index (κ2) is 7.07. The van der Waals surface area contributed by atoms with Gasteiger partial charge in [-0.3, -0.25) is 0 Å². The summed E-state index contributed by atoms with van der Waals surface area (Å²) in [7, 11) is -3.17. The Morgan fingerprint density at radius 2 is 1.86 bits per heavy atom. The number of benzene rings is 1. The summed E-state index contributed by atoms with van der Waals surface area (Å²) in [5.41, 5.74) is 2.89. The van der Waals surface area contributed by atoms with Gasteiger partial charge in [-0.1, -0.05) is 24.6 Å². The van der Waals surface area contributed by atoms with Crippen LogP contribution in [0.2, 0.25) is 0 Å².